The van der Waals surface area contributed by atoms with E-state index in [0.29, 0.717) is 5.82 Å². The van der Waals surface area contributed by atoms with Gasteiger partial charge < -0.3 is 10.6 Å². The molecule has 0 bridgehead atoms. The van der Waals surface area contributed by atoms with Gasteiger partial charge in [-0.1, -0.05) is 0 Å². The minimum Gasteiger partial charge on any atom is -0.373 e. The van der Waals surface area contributed by atoms with Crippen molar-refractivity contribution in [3.63, 3.8) is 0 Å². The lowest BCUT2D eigenvalue weighted by Crippen LogP contribution is -2.13. The van der Waals surface area contributed by atoms with Gasteiger partial charge >= 0.3 is 5.69 Å². The molecule has 0 radical (unpaired) electrons. The third-order valence-electron chi connectivity index (χ3n) is 1.75. The molecule has 0 spiro atoms. The molecule has 16 heavy (non-hydrogen) atoms. The minimum absolute atomic E-state index is 0.169. The monoisotopic (exact) mass is 232 g/mol. The van der Waals surface area contributed by atoms with Crippen LogP contribution in [0.3, 0.4) is 0 Å². The van der Waals surface area contributed by atoms with Gasteiger partial charge in [0, 0.05) is 13.1 Å². The summed E-state index contributed by atoms with van der Waals surface area (Å²) in [4.78, 5) is 13.7. The number of nitrogens with zero attached hydrogens (tertiary/aromatic N) is 2. The summed E-state index contributed by atoms with van der Waals surface area (Å²) in [5.41, 5.74) is -0.334. The highest BCUT2D eigenvalue weighted by atomic mass is 19.3. The quantitative estimate of drug-likeness (QED) is 0.596. The first-order valence-electron chi connectivity index (χ1n) is 4.39. The van der Waals surface area contributed by atoms with E-state index in [4.69, 9.17) is 0 Å². The molecule has 1 rings (SSSR count). The first-order valence-corrected chi connectivity index (χ1v) is 4.39. The zero-order valence-electron chi connectivity index (χ0n) is 8.41. The molecule has 88 valence electrons. The van der Waals surface area contributed by atoms with E-state index in [1.165, 1.54) is 12.1 Å². The van der Waals surface area contributed by atoms with Crippen LogP contribution in [0.5, 0.6) is 0 Å². The van der Waals surface area contributed by atoms with Crippen molar-refractivity contribution in [2.75, 3.05) is 24.2 Å². The van der Waals surface area contributed by atoms with Crippen molar-refractivity contribution in [2.24, 2.45) is 0 Å². The molecular formula is C8H10F2N4O2. The summed E-state index contributed by atoms with van der Waals surface area (Å²) in [6.07, 6.45) is -2.60. The SMILES string of the molecule is CNc1ccc([N+](=O)[O-])c(NCC(F)F)n1. The molecule has 2 N–H and O–H groups in total. The van der Waals surface area contributed by atoms with E-state index in [-0.39, 0.29) is 11.5 Å². The molecule has 1 aromatic heterocycles. The van der Waals surface area contributed by atoms with Gasteiger partial charge in [-0.25, -0.2) is 13.8 Å². The summed E-state index contributed by atoms with van der Waals surface area (Å²) >= 11 is 0. The average Bonchev–Trinajstić information content (AvgIpc) is 2.25. The molecule has 0 unspecified atom stereocenters. The Balaban J connectivity index is 2.96. The molecule has 1 heterocycles. The summed E-state index contributed by atoms with van der Waals surface area (Å²) in [7, 11) is 1.57. The van der Waals surface area contributed by atoms with Crippen molar-refractivity contribution in [1.82, 2.24) is 4.98 Å². The number of nitro groups is 1. The highest BCUT2D eigenvalue weighted by molar-refractivity contribution is 5.60. The van der Waals surface area contributed by atoms with Crippen molar-refractivity contribution in [3.8, 4) is 0 Å². The van der Waals surface area contributed by atoms with E-state index in [9.17, 15) is 18.9 Å². The lowest BCUT2D eigenvalue weighted by atomic mass is 10.3. The number of halogens is 2. The Hall–Kier alpha value is -1.99. The zero-order chi connectivity index (χ0) is 12.1. The van der Waals surface area contributed by atoms with Gasteiger partial charge in [0.25, 0.3) is 6.43 Å². The van der Waals surface area contributed by atoms with E-state index < -0.39 is 17.9 Å². The number of hydrogen-bond acceptors (Lipinski definition) is 5. The normalized spacial score (nSPS) is 10.2. The second-order valence-corrected chi connectivity index (χ2v) is 2.84. The molecule has 1 aromatic rings. The molecule has 0 aromatic carbocycles. The van der Waals surface area contributed by atoms with Crippen molar-refractivity contribution in [3.05, 3.63) is 22.2 Å². The Morgan fingerprint density at radius 3 is 2.75 bits per heavy atom. The van der Waals surface area contributed by atoms with Crippen molar-refractivity contribution >= 4 is 17.3 Å². The summed E-state index contributed by atoms with van der Waals surface area (Å²) in [6, 6.07) is 2.60. The van der Waals surface area contributed by atoms with Crippen molar-refractivity contribution in [2.45, 2.75) is 6.43 Å². The first kappa shape index (κ1) is 12.1. The Morgan fingerprint density at radius 2 is 2.25 bits per heavy atom. The highest BCUT2D eigenvalue weighted by Gasteiger charge is 2.16. The standard InChI is InChI=1S/C8H10F2N4O2/c1-11-7-3-2-5(14(15)16)8(13-7)12-4-6(9)10/h2-3,6H,4H2,1H3,(H2,11,12,13). The highest BCUT2D eigenvalue weighted by Crippen LogP contribution is 2.23. The van der Waals surface area contributed by atoms with Crippen molar-refractivity contribution < 1.29 is 13.7 Å². The fourth-order valence-electron chi connectivity index (χ4n) is 1.04. The second-order valence-electron chi connectivity index (χ2n) is 2.84. The molecule has 0 fully saturated rings. The number of rotatable bonds is 5. The van der Waals surface area contributed by atoms with Gasteiger partial charge in [0.05, 0.1) is 11.5 Å². The molecule has 8 heteroatoms. The van der Waals surface area contributed by atoms with E-state index in [2.05, 4.69) is 15.6 Å². The summed E-state index contributed by atoms with van der Waals surface area (Å²) < 4.78 is 23.9. The molecular weight excluding hydrogens is 222 g/mol. The van der Waals surface area contributed by atoms with Crippen LogP contribution >= 0.6 is 0 Å². The number of pyridine rings is 1. The van der Waals surface area contributed by atoms with Crippen LogP contribution in [0.1, 0.15) is 0 Å². The molecule has 0 aliphatic rings. The van der Waals surface area contributed by atoms with Crippen LogP contribution in [0.15, 0.2) is 12.1 Å². The molecule has 0 aliphatic heterocycles. The van der Waals surface area contributed by atoms with Gasteiger partial charge in [0.2, 0.25) is 5.82 Å². The minimum atomic E-state index is -2.60. The third-order valence-corrected chi connectivity index (χ3v) is 1.75. The molecule has 0 saturated carbocycles. The number of nitrogens with one attached hydrogen (secondary N) is 2. The third kappa shape index (κ3) is 3.01. The lowest BCUT2D eigenvalue weighted by Gasteiger charge is -2.07. The van der Waals surface area contributed by atoms with Crippen LogP contribution in [-0.2, 0) is 0 Å². The van der Waals surface area contributed by atoms with Crippen LogP contribution in [0.4, 0.5) is 26.1 Å². The van der Waals surface area contributed by atoms with Gasteiger partial charge in [-0.15, -0.1) is 0 Å². The van der Waals surface area contributed by atoms with E-state index in [1.54, 1.807) is 7.05 Å². The molecule has 6 nitrogen and oxygen atoms in total. The Morgan fingerprint density at radius 1 is 1.56 bits per heavy atom. The van der Waals surface area contributed by atoms with Crippen molar-refractivity contribution in [1.29, 1.82) is 0 Å². The summed E-state index contributed by atoms with van der Waals surface area (Å²) in [5, 5.41) is 15.5. The smallest absolute Gasteiger partial charge is 0.311 e. The summed E-state index contributed by atoms with van der Waals surface area (Å²) in [5.74, 6) is 0.194. The van der Waals surface area contributed by atoms with Crippen LogP contribution in [0.25, 0.3) is 0 Å². The topological polar surface area (TPSA) is 80.1 Å². The van der Waals surface area contributed by atoms with E-state index in [0.717, 1.165) is 0 Å². The van der Waals surface area contributed by atoms with Gasteiger partial charge in [0.15, 0.2) is 0 Å². The maximum atomic E-state index is 12.0. The van der Waals surface area contributed by atoms with E-state index in [1.807, 2.05) is 0 Å². The predicted octanol–water partition coefficient (Wildman–Crippen LogP) is 1.71. The molecule has 0 aliphatic carbocycles. The number of anilines is 2. The maximum Gasteiger partial charge on any atom is 0.311 e. The average molecular weight is 232 g/mol. The van der Waals surface area contributed by atoms with Gasteiger partial charge in [-0.3, -0.25) is 10.1 Å². The van der Waals surface area contributed by atoms with Crippen LogP contribution < -0.4 is 10.6 Å². The van der Waals surface area contributed by atoms with Crippen LogP contribution in [0, 0.1) is 10.1 Å². The summed E-state index contributed by atoms with van der Waals surface area (Å²) in [6.45, 7) is -0.680. The van der Waals surface area contributed by atoms with E-state index >= 15 is 0 Å². The number of hydrogen-bond donors (Lipinski definition) is 2. The fourth-order valence-corrected chi connectivity index (χ4v) is 1.04. The molecule has 0 amide bonds. The lowest BCUT2D eigenvalue weighted by molar-refractivity contribution is -0.384. The largest absolute Gasteiger partial charge is 0.373 e. The van der Waals surface area contributed by atoms with Gasteiger partial charge in [-0.2, -0.15) is 0 Å². The zero-order valence-corrected chi connectivity index (χ0v) is 8.41. The Kier molecular flexibility index (Phi) is 3.92. The number of aromatic nitrogens is 1. The fraction of sp³-hybridized carbons (Fsp3) is 0.375. The van der Waals surface area contributed by atoms with Crippen LogP contribution in [0.2, 0.25) is 0 Å². The Labute approximate surface area is 89.8 Å². The Bertz CT molecular complexity index is 386. The predicted molar refractivity (Wildman–Crippen MR) is 54.9 cm³/mol. The molecule has 0 atom stereocenters. The maximum absolute atomic E-state index is 12.0. The first-order chi connectivity index (χ1) is 7.54. The van der Waals surface area contributed by atoms with Crippen LogP contribution in [-0.4, -0.2) is 29.9 Å². The van der Waals surface area contributed by atoms with Gasteiger partial charge in [0.1, 0.15) is 5.82 Å². The number of alkyl halides is 2. The second kappa shape index (κ2) is 5.19. The molecule has 0 saturated heterocycles. The van der Waals surface area contributed by atoms with Gasteiger partial charge in [-0.05, 0) is 6.07 Å².